The largest absolute Gasteiger partial charge is 0.377 e. The molecule has 1 N–H and O–H groups in total. The number of piperazine rings is 1. The third kappa shape index (κ3) is 6.15. The summed E-state index contributed by atoms with van der Waals surface area (Å²) in [5.74, 6) is 1.84. The van der Waals surface area contributed by atoms with Gasteiger partial charge < -0.3 is 19.5 Å². The summed E-state index contributed by atoms with van der Waals surface area (Å²) in [7, 11) is 1.65. The van der Waals surface area contributed by atoms with Crippen LogP contribution in [0.3, 0.4) is 0 Å². The fourth-order valence-corrected chi connectivity index (χ4v) is 4.77. The SMILES string of the molecule is COCc1cc(CC2CNCCC2CC(=O)N2CCN(Cc3ccccc3)CC2)no1. The molecule has 7 nitrogen and oxygen atoms in total. The van der Waals surface area contributed by atoms with Gasteiger partial charge in [0.2, 0.25) is 5.91 Å². The molecule has 1 aromatic carbocycles. The van der Waals surface area contributed by atoms with E-state index >= 15 is 0 Å². The van der Waals surface area contributed by atoms with Crippen LogP contribution in [0.2, 0.25) is 0 Å². The highest BCUT2D eigenvalue weighted by Gasteiger charge is 2.30. The summed E-state index contributed by atoms with van der Waals surface area (Å²) in [6, 6.07) is 12.5. The second kappa shape index (κ2) is 10.9. The minimum absolute atomic E-state index is 0.302. The van der Waals surface area contributed by atoms with Crippen molar-refractivity contribution in [3.63, 3.8) is 0 Å². The van der Waals surface area contributed by atoms with E-state index in [4.69, 9.17) is 9.26 Å². The highest BCUT2D eigenvalue weighted by molar-refractivity contribution is 5.76. The number of rotatable bonds is 8. The van der Waals surface area contributed by atoms with Gasteiger partial charge in [0.1, 0.15) is 6.61 Å². The molecule has 2 unspecified atom stereocenters. The smallest absolute Gasteiger partial charge is 0.222 e. The number of benzene rings is 1. The molecule has 2 aliphatic heterocycles. The number of methoxy groups -OCH3 is 1. The van der Waals surface area contributed by atoms with Crippen LogP contribution in [-0.2, 0) is 29.1 Å². The molecule has 31 heavy (non-hydrogen) atoms. The maximum Gasteiger partial charge on any atom is 0.222 e. The van der Waals surface area contributed by atoms with Crippen LogP contribution in [0, 0.1) is 11.8 Å². The molecule has 0 radical (unpaired) electrons. The van der Waals surface area contributed by atoms with E-state index in [0.717, 1.165) is 70.1 Å². The van der Waals surface area contributed by atoms with Crippen molar-refractivity contribution in [1.82, 2.24) is 20.3 Å². The lowest BCUT2D eigenvalue weighted by molar-refractivity contribution is -0.134. The molecule has 0 spiro atoms. The van der Waals surface area contributed by atoms with Crippen LogP contribution in [0.1, 0.15) is 29.9 Å². The van der Waals surface area contributed by atoms with E-state index in [1.165, 1.54) is 5.56 Å². The van der Waals surface area contributed by atoms with E-state index in [1.54, 1.807) is 7.11 Å². The van der Waals surface area contributed by atoms with Crippen molar-refractivity contribution >= 4 is 5.91 Å². The number of aromatic nitrogens is 1. The number of nitrogens with one attached hydrogen (secondary N) is 1. The molecule has 168 valence electrons. The number of carbonyl (C=O) groups is 1. The normalized spacial score (nSPS) is 22.5. The van der Waals surface area contributed by atoms with E-state index in [0.29, 0.717) is 30.8 Å². The van der Waals surface area contributed by atoms with Gasteiger partial charge in [-0.25, -0.2) is 0 Å². The molecule has 2 atom stereocenters. The third-order valence-electron chi connectivity index (χ3n) is 6.54. The third-order valence-corrected chi connectivity index (χ3v) is 6.54. The zero-order valence-electron chi connectivity index (χ0n) is 18.5. The van der Waals surface area contributed by atoms with Crippen LogP contribution in [0.25, 0.3) is 0 Å². The van der Waals surface area contributed by atoms with Gasteiger partial charge in [-0.1, -0.05) is 35.5 Å². The van der Waals surface area contributed by atoms with Crippen molar-refractivity contribution in [3.8, 4) is 0 Å². The molecule has 2 aliphatic rings. The lowest BCUT2D eigenvalue weighted by Gasteiger charge is -2.37. The standard InChI is InChI=1S/C24H34N4O3/c1-30-18-23-15-22(26-31-23)13-21-16-25-8-7-20(21)14-24(29)28-11-9-27(10-12-28)17-19-5-3-2-4-6-19/h2-6,15,20-21,25H,7-14,16-18H2,1H3. The summed E-state index contributed by atoms with van der Waals surface area (Å²) < 4.78 is 10.4. The van der Waals surface area contributed by atoms with Gasteiger partial charge in [0.15, 0.2) is 5.76 Å². The maximum absolute atomic E-state index is 13.1. The van der Waals surface area contributed by atoms with Gasteiger partial charge in [-0.05, 0) is 43.3 Å². The Hall–Kier alpha value is -2.22. The van der Waals surface area contributed by atoms with E-state index < -0.39 is 0 Å². The van der Waals surface area contributed by atoms with E-state index in [9.17, 15) is 4.79 Å². The quantitative estimate of drug-likeness (QED) is 0.699. The van der Waals surface area contributed by atoms with Crippen LogP contribution in [0.15, 0.2) is 40.9 Å². The summed E-state index contributed by atoms with van der Waals surface area (Å²) in [4.78, 5) is 17.6. The van der Waals surface area contributed by atoms with Crippen LogP contribution >= 0.6 is 0 Å². The molecule has 0 bridgehead atoms. The Morgan fingerprint density at radius 3 is 2.77 bits per heavy atom. The zero-order chi connectivity index (χ0) is 21.5. The number of nitrogens with zero attached hydrogens (tertiary/aromatic N) is 3. The molecule has 4 rings (SSSR count). The summed E-state index contributed by atoms with van der Waals surface area (Å²) in [6.45, 7) is 6.84. The van der Waals surface area contributed by atoms with Crippen LogP contribution in [0.4, 0.5) is 0 Å². The average Bonchev–Trinajstić information content (AvgIpc) is 3.23. The Kier molecular flexibility index (Phi) is 7.72. The minimum atomic E-state index is 0.302. The number of carbonyl (C=O) groups excluding carboxylic acids is 1. The van der Waals surface area contributed by atoms with Crippen molar-refractivity contribution in [1.29, 1.82) is 0 Å². The van der Waals surface area contributed by atoms with Gasteiger partial charge in [0.05, 0.1) is 5.69 Å². The van der Waals surface area contributed by atoms with Crippen LogP contribution in [-0.4, -0.2) is 67.2 Å². The first kappa shape index (κ1) is 22.0. The van der Waals surface area contributed by atoms with Crippen molar-refractivity contribution < 1.29 is 14.1 Å². The second-order valence-electron chi connectivity index (χ2n) is 8.78. The number of piperidine rings is 1. The molecule has 2 saturated heterocycles. The van der Waals surface area contributed by atoms with Gasteiger partial charge >= 0.3 is 0 Å². The van der Waals surface area contributed by atoms with Gasteiger partial charge in [0.25, 0.3) is 0 Å². The Bertz CT molecular complexity index is 817. The maximum atomic E-state index is 13.1. The Balaban J connectivity index is 1.26. The summed E-state index contributed by atoms with van der Waals surface area (Å²) >= 11 is 0. The summed E-state index contributed by atoms with van der Waals surface area (Å²) in [5.41, 5.74) is 2.29. The Morgan fingerprint density at radius 2 is 2.00 bits per heavy atom. The molecule has 7 heteroatoms. The summed E-state index contributed by atoms with van der Waals surface area (Å²) in [5, 5.41) is 7.68. The number of amides is 1. The molecule has 0 aliphatic carbocycles. The van der Waals surface area contributed by atoms with Crippen LogP contribution in [0.5, 0.6) is 0 Å². The first-order valence-corrected chi connectivity index (χ1v) is 11.4. The van der Waals surface area contributed by atoms with Gasteiger partial charge in [-0.3, -0.25) is 9.69 Å². The van der Waals surface area contributed by atoms with Crippen molar-refractivity contribution in [2.75, 3.05) is 46.4 Å². The van der Waals surface area contributed by atoms with E-state index in [1.807, 2.05) is 6.07 Å². The Labute approximate surface area is 184 Å². The molecule has 0 saturated carbocycles. The highest BCUT2D eigenvalue weighted by Crippen LogP contribution is 2.27. The summed E-state index contributed by atoms with van der Waals surface area (Å²) in [6.07, 6.45) is 2.50. The van der Waals surface area contributed by atoms with Gasteiger partial charge in [-0.15, -0.1) is 0 Å². The van der Waals surface area contributed by atoms with E-state index in [2.05, 4.69) is 50.6 Å². The second-order valence-corrected chi connectivity index (χ2v) is 8.78. The fourth-order valence-electron chi connectivity index (χ4n) is 4.77. The minimum Gasteiger partial charge on any atom is -0.377 e. The number of hydrogen-bond donors (Lipinski definition) is 1. The molecular weight excluding hydrogens is 392 g/mol. The monoisotopic (exact) mass is 426 g/mol. The number of hydrogen-bond acceptors (Lipinski definition) is 6. The predicted molar refractivity (Wildman–Crippen MR) is 118 cm³/mol. The molecule has 2 aromatic rings. The predicted octanol–water partition coefficient (Wildman–Crippen LogP) is 2.32. The van der Waals surface area contributed by atoms with Crippen molar-refractivity contribution in [2.45, 2.75) is 32.4 Å². The van der Waals surface area contributed by atoms with Gasteiger partial charge in [0, 0.05) is 52.3 Å². The highest BCUT2D eigenvalue weighted by atomic mass is 16.5. The van der Waals surface area contributed by atoms with Crippen molar-refractivity contribution in [2.24, 2.45) is 11.8 Å². The van der Waals surface area contributed by atoms with Crippen LogP contribution < -0.4 is 5.32 Å². The zero-order valence-corrected chi connectivity index (χ0v) is 18.5. The average molecular weight is 427 g/mol. The molecule has 1 amide bonds. The first-order chi connectivity index (χ1) is 15.2. The van der Waals surface area contributed by atoms with Crippen molar-refractivity contribution in [3.05, 3.63) is 53.4 Å². The lowest BCUT2D eigenvalue weighted by atomic mass is 9.81. The first-order valence-electron chi connectivity index (χ1n) is 11.4. The molecular formula is C24H34N4O3. The fraction of sp³-hybridized carbons (Fsp3) is 0.583. The molecule has 1 aromatic heterocycles. The Morgan fingerprint density at radius 1 is 1.19 bits per heavy atom. The topological polar surface area (TPSA) is 70.8 Å². The van der Waals surface area contributed by atoms with E-state index in [-0.39, 0.29) is 0 Å². The van der Waals surface area contributed by atoms with Gasteiger partial charge in [-0.2, -0.15) is 0 Å². The molecule has 2 fully saturated rings. The molecule has 3 heterocycles. The lowest BCUT2D eigenvalue weighted by Crippen LogP contribution is -2.49. The number of ether oxygens (including phenoxy) is 1.